The fourth-order valence-corrected chi connectivity index (χ4v) is 3.12. The Balaban J connectivity index is 1.90. The first-order valence-corrected chi connectivity index (χ1v) is 10.00. The predicted octanol–water partition coefficient (Wildman–Crippen LogP) is 2.46. The molecule has 1 aromatic heterocycles. The maximum atomic E-state index is 12.1. The van der Waals surface area contributed by atoms with Crippen LogP contribution in [0.3, 0.4) is 0 Å². The van der Waals surface area contributed by atoms with Crippen molar-refractivity contribution in [2.24, 2.45) is 5.73 Å². The number of nitrogens with zero attached hydrogens (tertiary/aromatic N) is 1. The molecular weight excluding hydrogens is 378 g/mol. The Morgan fingerprint density at radius 1 is 1.21 bits per heavy atom. The van der Waals surface area contributed by atoms with E-state index in [0.29, 0.717) is 30.3 Å². The summed E-state index contributed by atoms with van der Waals surface area (Å²) in [4.78, 5) is 26.7. The van der Waals surface area contributed by atoms with Gasteiger partial charge in [-0.1, -0.05) is 6.07 Å². The average Bonchev–Trinajstić information content (AvgIpc) is 2.70. The molecule has 2 amide bonds. The average molecular weight is 404 g/mol. The molecule has 8 heteroatoms. The highest BCUT2D eigenvalue weighted by molar-refractivity contribution is 7.99. The second kappa shape index (κ2) is 11.2. The van der Waals surface area contributed by atoms with E-state index in [1.807, 2.05) is 37.3 Å². The summed E-state index contributed by atoms with van der Waals surface area (Å²) in [5.74, 6) is 1.54. The molecule has 0 saturated heterocycles. The van der Waals surface area contributed by atoms with E-state index in [-0.39, 0.29) is 23.6 Å². The monoisotopic (exact) mass is 403 g/mol. The zero-order valence-corrected chi connectivity index (χ0v) is 16.8. The molecule has 0 aliphatic heterocycles. The van der Waals surface area contributed by atoms with E-state index in [2.05, 4.69) is 10.3 Å². The highest BCUT2D eigenvalue weighted by Gasteiger charge is 2.13. The van der Waals surface area contributed by atoms with Crippen molar-refractivity contribution in [3.63, 3.8) is 0 Å². The van der Waals surface area contributed by atoms with E-state index < -0.39 is 0 Å². The molecule has 0 unspecified atom stereocenters. The number of nitrogens with one attached hydrogen (secondary N) is 1. The summed E-state index contributed by atoms with van der Waals surface area (Å²) in [6.07, 6.45) is 3.76. The van der Waals surface area contributed by atoms with E-state index in [4.69, 9.17) is 15.2 Å². The summed E-state index contributed by atoms with van der Waals surface area (Å²) in [5, 5.41) is 2.94. The molecule has 0 radical (unpaired) electrons. The van der Waals surface area contributed by atoms with E-state index in [1.165, 1.54) is 11.8 Å². The van der Waals surface area contributed by atoms with Crippen LogP contribution in [0, 0.1) is 0 Å². The van der Waals surface area contributed by atoms with Gasteiger partial charge in [0.1, 0.15) is 6.61 Å². The van der Waals surface area contributed by atoms with Crippen LogP contribution in [-0.2, 0) is 16.2 Å². The first-order chi connectivity index (χ1) is 13.5. The van der Waals surface area contributed by atoms with Crippen molar-refractivity contribution in [1.29, 1.82) is 0 Å². The lowest BCUT2D eigenvalue weighted by molar-refractivity contribution is -0.121. The van der Waals surface area contributed by atoms with Gasteiger partial charge in [0, 0.05) is 24.6 Å². The normalized spacial score (nSPS) is 11.5. The molecule has 3 N–H and O–H groups in total. The molecule has 150 valence electrons. The highest BCUT2D eigenvalue weighted by Crippen LogP contribution is 2.31. The zero-order valence-electron chi connectivity index (χ0n) is 16.0. The maximum absolute atomic E-state index is 12.1. The third kappa shape index (κ3) is 7.11. The number of hydrogen-bond donors (Lipinski definition) is 2. The molecule has 0 aliphatic carbocycles. The van der Waals surface area contributed by atoms with Crippen LogP contribution >= 0.6 is 11.8 Å². The molecule has 2 aromatic rings. The number of primary amides is 1. The van der Waals surface area contributed by atoms with Crippen LogP contribution in [0.5, 0.6) is 11.5 Å². The number of benzene rings is 1. The summed E-state index contributed by atoms with van der Waals surface area (Å²) in [6.45, 7) is 2.31. The molecule has 0 bridgehead atoms. The smallest absolute Gasteiger partial charge is 0.227 e. The molecule has 2 rings (SSSR count). The van der Waals surface area contributed by atoms with Crippen molar-refractivity contribution in [1.82, 2.24) is 10.3 Å². The Kier molecular flexibility index (Phi) is 8.61. The van der Waals surface area contributed by atoms with Crippen LogP contribution in [0.25, 0.3) is 0 Å². The van der Waals surface area contributed by atoms with Gasteiger partial charge in [-0.25, -0.2) is 0 Å². The molecule has 0 spiro atoms. The van der Waals surface area contributed by atoms with Gasteiger partial charge in [0.05, 0.1) is 18.9 Å². The summed E-state index contributed by atoms with van der Waals surface area (Å²) in [5.41, 5.74) is 6.99. The van der Waals surface area contributed by atoms with Crippen molar-refractivity contribution in [2.75, 3.05) is 18.6 Å². The third-order valence-electron chi connectivity index (χ3n) is 3.93. The van der Waals surface area contributed by atoms with E-state index in [0.717, 1.165) is 11.1 Å². The van der Waals surface area contributed by atoms with Gasteiger partial charge in [-0.15, -0.1) is 0 Å². The molecule has 0 saturated carbocycles. The number of ether oxygens (including phenoxy) is 2. The molecule has 28 heavy (non-hydrogen) atoms. The lowest BCUT2D eigenvalue weighted by Crippen LogP contribution is -2.27. The van der Waals surface area contributed by atoms with E-state index >= 15 is 0 Å². The Labute approximate surface area is 169 Å². The fourth-order valence-electron chi connectivity index (χ4n) is 2.45. The highest BCUT2D eigenvalue weighted by atomic mass is 32.2. The Bertz CT molecular complexity index is 786. The Morgan fingerprint density at radius 3 is 2.64 bits per heavy atom. The first-order valence-electron chi connectivity index (χ1n) is 8.84. The summed E-state index contributed by atoms with van der Waals surface area (Å²) < 4.78 is 11.3. The van der Waals surface area contributed by atoms with Crippen LogP contribution < -0.4 is 20.5 Å². The minimum absolute atomic E-state index is 0.0820. The minimum atomic E-state index is -0.378. The molecular formula is C20H25N3O4S. The SMILES string of the molecule is COc1cc([C@H](C)NC(=O)CCSCC(N)=O)ccc1OCc1ccncc1. The van der Waals surface area contributed by atoms with Gasteiger partial charge in [-0.05, 0) is 42.3 Å². The maximum Gasteiger partial charge on any atom is 0.227 e. The molecule has 1 heterocycles. The van der Waals surface area contributed by atoms with Crippen molar-refractivity contribution in [3.05, 3.63) is 53.9 Å². The number of amides is 2. The minimum Gasteiger partial charge on any atom is -0.493 e. The molecule has 1 aromatic carbocycles. The van der Waals surface area contributed by atoms with Crippen LogP contribution in [0.2, 0.25) is 0 Å². The van der Waals surface area contributed by atoms with Gasteiger partial charge in [0.15, 0.2) is 11.5 Å². The van der Waals surface area contributed by atoms with Crippen molar-refractivity contribution in [2.45, 2.75) is 26.0 Å². The third-order valence-corrected chi connectivity index (χ3v) is 4.91. The number of aromatic nitrogens is 1. The standard InChI is InChI=1S/C20H25N3O4S/c1-14(23-20(25)7-10-28-13-19(21)24)16-3-4-17(18(11-16)26-2)27-12-15-5-8-22-9-6-15/h3-6,8-9,11,14H,7,10,12-13H2,1-2H3,(H2,21,24)(H,23,25)/t14-/m0/s1. The van der Waals surface area contributed by atoms with Crippen LogP contribution in [0.15, 0.2) is 42.7 Å². The second-order valence-electron chi connectivity index (χ2n) is 6.11. The lowest BCUT2D eigenvalue weighted by Gasteiger charge is -2.17. The largest absolute Gasteiger partial charge is 0.493 e. The number of pyridine rings is 1. The summed E-state index contributed by atoms with van der Waals surface area (Å²) in [6, 6.07) is 9.18. The van der Waals surface area contributed by atoms with Gasteiger partial charge in [-0.3, -0.25) is 14.6 Å². The van der Waals surface area contributed by atoms with Crippen molar-refractivity contribution >= 4 is 23.6 Å². The Morgan fingerprint density at radius 2 is 1.96 bits per heavy atom. The van der Waals surface area contributed by atoms with Crippen LogP contribution in [0.4, 0.5) is 0 Å². The number of methoxy groups -OCH3 is 1. The number of carbonyl (C=O) groups excluding carboxylic acids is 2. The van der Waals surface area contributed by atoms with E-state index in [9.17, 15) is 9.59 Å². The van der Waals surface area contributed by atoms with Crippen molar-refractivity contribution < 1.29 is 19.1 Å². The van der Waals surface area contributed by atoms with Gasteiger partial charge >= 0.3 is 0 Å². The first kappa shape index (κ1) is 21.6. The number of hydrogen-bond acceptors (Lipinski definition) is 6. The van der Waals surface area contributed by atoms with Crippen LogP contribution in [0.1, 0.15) is 30.5 Å². The summed E-state index contributed by atoms with van der Waals surface area (Å²) in [7, 11) is 1.58. The molecule has 1 atom stereocenters. The van der Waals surface area contributed by atoms with Crippen molar-refractivity contribution in [3.8, 4) is 11.5 Å². The molecule has 0 fully saturated rings. The number of thioether (sulfide) groups is 1. The molecule has 0 aliphatic rings. The number of rotatable bonds is 11. The quantitative estimate of drug-likeness (QED) is 0.559. The van der Waals surface area contributed by atoms with E-state index in [1.54, 1.807) is 19.5 Å². The number of carbonyl (C=O) groups is 2. The van der Waals surface area contributed by atoms with Gasteiger partial charge < -0.3 is 20.5 Å². The van der Waals surface area contributed by atoms with Gasteiger partial charge in [-0.2, -0.15) is 11.8 Å². The lowest BCUT2D eigenvalue weighted by atomic mass is 10.1. The van der Waals surface area contributed by atoms with Gasteiger partial charge in [0.25, 0.3) is 0 Å². The predicted molar refractivity (Wildman–Crippen MR) is 109 cm³/mol. The zero-order chi connectivity index (χ0) is 20.4. The summed E-state index contributed by atoms with van der Waals surface area (Å²) >= 11 is 1.35. The van der Waals surface area contributed by atoms with Crippen LogP contribution in [-0.4, -0.2) is 35.4 Å². The Hall–Kier alpha value is -2.74. The fraction of sp³-hybridized carbons (Fsp3) is 0.350. The van der Waals surface area contributed by atoms with Gasteiger partial charge in [0.2, 0.25) is 11.8 Å². The topological polar surface area (TPSA) is 104 Å². The second-order valence-corrected chi connectivity index (χ2v) is 7.22. The molecule has 7 nitrogen and oxygen atoms in total. The number of nitrogens with two attached hydrogens (primary N) is 1.